The third-order valence-corrected chi connectivity index (χ3v) is 1.17. The number of primary amides is 1. The highest BCUT2D eigenvalue weighted by molar-refractivity contribution is 5.79. The highest BCUT2D eigenvalue weighted by atomic mass is 16.5. The van der Waals surface area contributed by atoms with Crippen LogP contribution in [-0.4, -0.2) is 31.2 Å². The summed E-state index contributed by atoms with van der Waals surface area (Å²) in [5.74, 6) is 5.64. The standard InChI is InChI=1S/C7H17N5O2/c1-5(2)11-7(12-9)10-3-4-14-6(8)13/h5H,3-4,9H2,1-2H3,(H2,8,13)(H2,10,11,12). The van der Waals surface area contributed by atoms with E-state index < -0.39 is 6.09 Å². The lowest BCUT2D eigenvalue weighted by molar-refractivity contribution is 0.160. The summed E-state index contributed by atoms with van der Waals surface area (Å²) in [4.78, 5) is 14.2. The molecule has 0 atom stereocenters. The zero-order valence-electron chi connectivity index (χ0n) is 8.41. The van der Waals surface area contributed by atoms with Crippen LogP contribution in [0.4, 0.5) is 4.79 Å². The molecule has 0 aromatic carbocycles. The molecule has 0 aromatic heterocycles. The first kappa shape index (κ1) is 12.5. The number of hydrogen-bond donors (Lipinski definition) is 4. The summed E-state index contributed by atoms with van der Waals surface area (Å²) in [6.07, 6.45) is -0.806. The molecule has 0 spiro atoms. The maximum atomic E-state index is 10.2. The van der Waals surface area contributed by atoms with E-state index >= 15 is 0 Å². The molecule has 0 bridgehead atoms. The van der Waals surface area contributed by atoms with E-state index in [1.807, 2.05) is 13.8 Å². The Morgan fingerprint density at radius 2 is 2.21 bits per heavy atom. The van der Waals surface area contributed by atoms with E-state index in [0.29, 0.717) is 12.5 Å². The Bertz CT molecular complexity index is 204. The smallest absolute Gasteiger partial charge is 0.404 e. The summed E-state index contributed by atoms with van der Waals surface area (Å²) >= 11 is 0. The lowest BCUT2D eigenvalue weighted by atomic mass is 10.4. The Labute approximate surface area is 82.8 Å². The zero-order valence-corrected chi connectivity index (χ0v) is 8.41. The average molecular weight is 203 g/mol. The molecule has 0 rings (SSSR count). The van der Waals surface area contributed by atoms with Gasteiger partial charge in [-0.25, -0.2) is 15.6 Å². The van der Waals surface area contributed by atoms with Gasteiger partial charge in [0.2, 0.25) is 5.96 Å². The number of carbonyl (C=O) groups excluding carboxylic acids is 1. The van der Waals surface area contributed by atoms with Gasteiger partial charge in [0.05, 0.1) is 6.54 Å². The van der Waals surface area contributed by atoms with Gasteiger partial charge in [-0.1, -0.05) is 0 Å². The molecule has 82 valence electrons. The lowest BCUT2D eigenvalue weighted by Crippen LogP contribution is -2.44. The molecule has 6 N–H and O–H groups in total. The first-order valence-corrected chi connectivity index (χ1v) is 4.26. The minimum absolute atomic E-state index is 0.139. The highest BCUT2D eigenvalue weighted by Crippen LogP contribution is 1.79. The van der Waals surface area contributed by atoms with Crippen molar-refractivity contribution in [3.05, 3.63) is 0 Å². The largest absolute Gasteiger partial charge is 0.448 e. The van der Waals surface area contributed by atoms with Gasteiger partial charge >= 0.3 is 6.09 Å². The first-order chi connectivity index (χ1) is 6.56. The summed E-state index contributed by atoms with van der Waals surface area (Å²) in [7, 11) is 0. The van der Waals surface area contributed by atoms with Crippen molar-refractivity contribution in [3.8, 4) is 0 Å². The Hall–Kier alpha value is -1.50. The van der Waals surface area contributed by atoms with Gasteiger partial charge in [0, 0.05) is 6.04 Å². The Balaban J connectivity index is 3.75. The molecule has 0 aliphatic heterocycles. The summed E-state index contributed by atoms with van der Waals surface area (Å²) in [5, 5.41) is 2.96. The Morgan fingerprint density at radius 1 is 1.57 bits per heavy atom. The Morgan fingerprint density at radius 3 is 2.64 bits per heavy atom. The molecule has 14 heavy (non-hydrogen) atoms. The second-order valence-electron chi connectivity index (χ2n) is 2.84. The second-order valence-corrected chi connectivity index (χ2v) is 2.84. The van der Waals surface area contributed by atoms with Gasteiger partial charge < -0.3 is 15.8 Å². The van der Waals surface area contributed by atoms with Crippen LogP contribution < -0.4 is 22.3 Å². The number of rotatable bonds is 4. The van der Waals surface area contributed by atoms with Crippen LogP contribution in [0, 0.1) is 0 Å². The van der Waals surface area contributed by atoms with E-state index in [4.69, 9.17) is 11.6 Å². The minimum Gasteiger partial charge on any atom is -0.448 e. The molecule has 0 saturated heterocycles. The predicted octanol–water partition coefficient (Wildman–Crippen LogP) is -1.10. The third-order valence-electron chi connectivity index (χ3n) is 1.17. The van der Waals surface area contributed by atoms with Gasteiger partial charge in [0.1, 0.15) is 6.61 Å². The monoisotopic (exact) mass is 203 g/mol. The van der Waals surface area contributed by atoms with Crippen LogP contribution in [0.2, 0.25) is 0 Å². The van der Waals surface area contributed by atoms with Crippen molar-refractivity contribution < 1.29 is 9.53 Å². The zero-order chi connectivity index (χ0) is 11.0. The number of hydrazine groups is 1. The van der Waals surface area contributed by atoms with E-state index in [1.165, 1.54) is 0 Å². The molecule has 0 unspecified atom stereocenters. The minimum atomic E-state index is -0.806. The molecule has 0 saturated carbocycles. The van der Waals surface area contributed by atoms with Crippen molar-refractivity contribution in [1.29, 1.82) is 0 Å². The summed E-state index contributed by atoms with van der Waals surface area (Å²) in [6.45, 7) is 4.35. The molecule has 7 nitrogen and oxygen atoms in total. The van der Waals surface area contributed by atoms with E-state index in [0.717, 1.165) is 0 Å². The molecule has 7 heteroatoms. The fourth-order valence-electron chi connectivity index (χ4n) is 0.710. The van der Waals surface area contributed by atoms with Crippen molar-refractivity contribution in [2.75, 3.05) is 13.2 Å². The molecule has 1 amide bonds. The van der Waals surface area contributed by atoms with E-state index in [-0.39, 0.29) is 12.6 Å². The highest BCUT2D eigenvalue weighted by Gasteiger charge is 1.98. The number of nitrogens with two attached hydrogens (primary N) is 2. The van der Waals surface area contributed by atoms with Gasteiger partial charge in [-0.05, 0) is 13.8 Å². The normalized spacial score (nSPS) is 11.3. The van der Waals surface area contributed by atoms with Crippen molar-refractivity contribution >= 4 is 12.1 Å². The molecule has 0 heterocycles. The number of carbonyl (C=O) groups is 1. The average Bonchev–Trinajstić information content (AvgIpc) is 2.09. The van der Waals surface area contributed by atoms with Crippen molar-refractivity contribution in [1.82, 2.24) is 10.7 Å². The number of ether oxygens (including phenoxy) is 1. The van der Waals surface area contributed by atoms with Crippen LogP contribution in [-0.2, 0) is 4.74 Å². The maximum absolute atomic E-state index is 10.2. The molecule has 0 radical (unpaired) electrons. The molecule has 0 aliphatic carbocycles. The summed E-state index contributed by atoms with van der Waals surface area (Å²) < 4.78 is 4.48. The van der Waals surface area contributed by atoms with Gasteiger partial charge in [-0.3, -0.25) is 5.43 Å². The van der Waals surface area contributed by atoms with Crippen LogP contribution >= 0.6 is 0 Å². The molecular formula is C7H17N5O2. The van der Waals surface area contributed by atoms with Gasteiger partial charge in [-0.2, -0.15) is 0 Å². The van der Waals surface area contributed by atoms with Crippen molar-refractivity contribution in [2.45, 2.75) is 19.9 Å². The first-order valence-electron chi connectivity index (χ1n) is 4.26. The number of nitrogens with one attached hydrogen (secondary N) is 2. The second kappa shape index (κ2) is 6.96. The third kappa shape index (κ3) is 7.17. The Kier molecular flexibility index (Phi) is 6.21. The van der Waals surface area contributed by atoms with Crippen molar-refractivity contribution in [2.24, 2.45) is 16.6 Å². The maximum Gasteiger partial charge on any atom is 0.404 e. The van der Waals surface area contributed by atoms with Crippen LogP contribution in [0.15, 0.2) is 4.99 Å². The summed E-state index contributed by atoms with van der Waals surface area (Å²) in [6, 6.07) is 0.224. The van der Waals surface area contributed by atoms with Crippen LogP contribution in [0.1, 0.15) is 13.8 Å². The number of aliphatic imine (C=N–C) groups is 1. The summed E-state index contributed by atoms with van der Waals surface area (Å²) in [5.41, 5.74) is 7.15. The predicted molar refractivity (Wildman–Crippen MR) is 53.4 cm³/mol. The molecule has 0 aromatic rings. The number of nitrogens with zero attached hydrogens (tertiary/aromatic N) is 1. The van der Waals surface area contributed by atoms with Crippen LogP contribution in [0.25, 0.3) is 0 Å². The van der Waals surface area contributed by atoms with Crippen LogP contribution in [0.5, 0.6) is 0 Å². The molecule has 0 fully saturated rings. The number of guanidine groups is 1. The van der Waals surface area contributed by atoms with E-state index in [2.05, 4.69) is 20.5 Å². The fourth-order valence-corrected chi connectivity index (χ4v) is 0.710. The lowest BCUT2D eigenvalue weighted by Gasteiger charge is -2.11. The quantitative estimate of drug-likeness (QED) is 0.152. The van der Waals surface area contributed by atoms with Gasteiger partial charge in [0.15, 0.2) is 0 Å². The molecular weight excluding hydrogens is 186 g/mol. The van der Waals surface area contributed by atoms with E-state index in [9.17, 15) is 4.79 Å². The van der Waals surface area contributed by atoms with Crippen LogP contribution in [0.3, 0.4) is 0 Å². The van der Waals surface area contributed by atoms with Crippen molar-refractivity contribution in [3.63, 3.8) is 0 Å². The van der Waals surface area contributed by atoms with Gasteiger partial charge in [0.25, 0.3) is 0 Å². The fraction of sp³-hybridized carbons (Fsp3) is 0.714. The topological polar surface area (TPSA) is 115 Å². The molecule has 0 aliphatic rings. The SMILES string of the molecule is CC(C)NC(=NCCOC(N)=O)NN. The van der Waals surface area contributed by atoms with Gasteiger partial charge in [-0.15, -0.1) is 0 Å². The van der Waals surface area contributed by atoms with E-state index in [1.54, 1.807) is 0 Å². The number of hydrogen-bond acceptors (Lipinski definition) is 4. The number of amides is 1.